The first kappa shape index (κ1) is 19.1. The number of hydrogen-bond acceptors (Lipinski definition) is 5. The topological polar surface area (TPSA) is 62.3 Å². The number of carbonyl (C=O) groups is 2. The van der Waals surface area contributed by atoms with Crippen LogP contribution >= 0.6 is 46.3 Å². The van der Waals surface area contributed by atoms with E-state index in [0.717, 1.165) is 16.9 Å². The monoisotopic (exact) mass is 441 g/mol. The van der Waals surface area contributed by atoms with Gasteiger partial charge in [0.15, 0.2) is 5.13 Å². The summed E-state index contributed by atoms with van der Waals surface area (Å²) in [5.74, 6) is 0.492. The zero-order valence-electron chi connectivity index (χ0n) is 14.5. The lowest BCUT2D eigenvalue weighted by Gasteiger charge is -2.29. The summed E-state index contributed by atoms with van der Waals surface area (Å²) in [6.45, 7) is 2.03. The number of anilines is 1. The Kier molecular flexibility index (Phi) is 5.14. The van der Waals surface area contributed by atoms with Crippen LogP contribution in [0.2, 0.25) is 10.0 Å². The Hall–Kier alpha value is -1.28. The van der Waals surface area contributed by atoms with Gasteiger partial charge in [-0.05, 0) is 37.1 Å². The van der Waals surface area contributed by atoms with Gasteiger partial charge in [-0.1, -0.05) is 23.2 Å². The van der Waals surface area contributed by atoms with Gasteiger partial charge in [-0.15, -0.1) is 23.1 Å². The van der Waals surface area contributed by atoms with Crippen molar-refractivity contribution in [3.05, 3.63) is 44.9 Å². The van der Waals surface area contributed by atoms with Crippen LogP contribution < -0.4 is 5.32 Å². The maximum absolute atomic E-state index is 12.7. The highest BCUT2D eigenvalue weighted by Crippen LogP contribution is 2.47. The molecule has 2 saturated heterocycles. The SMILES string of the molecule is CC12CCC(=O)N1C(C(=O)Nc1ncc(Cc3cc(Cl)ccc3Cl)s1)CS2. The van der Waals surface area contributed by atoms with Crippen molar-refractivity contribution in [2.45, 2.75) is 37.1 Å². The number of nitrogens with zero attached hydrogens (tertiary/aromatic N) is 2. The molecule has 1 N–H and O–H groups in total. The second-order valence-electron chi connectivity index (χ2n) is 6.80. The molecular weight excluding hydrogens is 425 g/mol. The fourth-order valence-corrected chi connectivity index (χ4v) is 6.17. The van der Waals surface area contributed by atoms with Crippen LogP contribution in [-0.2, 0) is 16.0 Å². The Balaban J connectivity index is 1.44. The number of rotatable bonds is 4. The van der Waals surface area contributed by atoms with Crippen LogP contribution in [0.15, 0.2) is 24.4 Å². The van der Waals surface area contributed by atoms with E-state index in [1.54, 1.807) is 35.0 Å². The molecule has 2 unspecified atom stereocenters. The van der Waals surface area contributed by atoms with Gasteiger partial charge in [-0.25, -0.2) is 4.98 Å². The highest BCUT2D eigenvalue weighted by Gasteiger charge is 2.52. The number of nitrogens with one attached hydrogen (secondary N) is 1. The zero-order valence-corrected chi connectivity index (χ0v) is 17.6. The van der Waals surface area contributed by atoms with Gasteiger partial charge in [0.2, 0.25) is 11.8 Å². The normalized spacial score (nSPS) is 24.3. The van der Waals surface area contributed by atoms with Crippen molar-refractivity contribution < 1.29 is 9.59 Å². The van der Waals surface area contributed by atoms with Gasteiger partial charge in [-0.3, -0.25) is 9.59 Å². The molecule has 27 heavy (non-hydrogen) atoms. The number of aromatic nitrogens is 1. The molecule has 0 bridgehead atoms. The fraction of sp³-hybridized carbons (Fsp3) is 0.389. The van der Waals surface area contributed by atoms with Crippen molar-refractivity contribution in [2.75, 3.05) is 11.1 Å². The summed E-state index contributed by atoms with van der Waals surface area (Å²) in [4.78, 5) is 31.7. The van der Waals surface area contributed by atoms with E-state index in [4.69, 9.17) is 23.2 Å². The average Bonchev–Trinajstić information content (AvgIpc) is 3.27. The molecule has 5 nitrogen and oxygen atoms in total. The van der Waals surface area contributed by atoms with Crippen LogP contribution in [0.4, 0.5) is 5.13 Å². The minimum Gasteiger partial charge on any atom is -0.315 e. The van der Waals surface area contributed by atoms with Gasteiger partial charge in [0, 0.05) is 39.7 Å². The average molecular weight is 442 g/mol. The Morgan fingerprint density at radius 3 is 3.07 bits per heavy atom. The second-order valence-corrected chi connectivity index (χ2v) is 10.3. The van der Waals surface area contributed by atoms with Crippen molar-refractivity contribution in [3.63, 3.8) is 0 Å². The molecule has 0 radical (unpaired) electrons. The molecule has 2 fully saturated rings. The van der Waals surface area contributed by atoms with Crippen molar-refractivity contribution in [3.8, 4) is 0 Å². The predicted molar refractivity (Wildman–Crippen MR) is 111 cm³/mol. The Labute approximate surface area is 175 Å². The number of hydrogen-bond donors (Lipinski definition) is 1. The maximum Gasteiger partial charge on any atom is 0.249 e. The van der Waals surface area contributed by atoms with Crippen molar-refractivity contribution in [2.24, 2.45) is 0 Å². The lowest BCUT2D eigenvalue weighted by Crippen LogP contribution is -2.48. The predicted octanol–water partition coefficient (Wildman–Crippen LogP) is 4.43. The first-order chi connectivity index (χ1) is 12.9. The third-order valence-corrected chi connectivity index (χ3v) is 7.93. The molecule has 0 spiro atoms. The first-order valence-electron chi connectivity index (χ1n) is 8.51. The Bertz CT molecular complexity index is 920. The number of halogens is 2. The van der Waals surface area contributed by atoms with Gasteiger partial charge >= 0.3 is 0 Å². The van der Waals surface area contributed by atoms with Crippen LogP contribution in [0.1, 0.15) is 30.2 Å². The summed E-state index contributed by atoms with van der Waals surface area (Å²) in [5, 5.41) is 4.67. The maximum atomic E-state index is 12.7. The lowest BCUT2D eigenvalue weighted by molar-refractivity contribution is -0.135. The van der Waals surface area contributed by atoms with E-state index in [-0.39, 0.29) is 16.7 Å². The summed E-state index contributed by atoms with van der Waals surface area (Å²) < 4.78 is 0. The Morgan fingerprint density at radius 1 is 1.44 bits per heavy atom. The highest BCUT2D eigenvalue weighted by molar-refractivity contribution is 8.01. The first-order valence-corrected chi connectivity index (χ1v) is 11.1. The number of amides is 2. The summed E-state index contributed by atoms with van der Waals surface area (Å²) in [6.07, 6.45) is 3.62. The van der Waals surface area contributed by atoms with Gasteiger partial charge < -0.3 is 10.2 Å². The van der Waals surface area contributed by atoms with E-state index in [0.29, 0.717) is 33.8 Å². The molecule has 2 aliphatic rings. The minimum atomic E-state index is -0.440. The summed E-state index contributed by atoms with van der Waals surface area (Å²) in [5.41, 5.74) is 0.913. The largest absolute Gasteiger partial charge is 0.315 e. The van der Waals surface area contributed by atoms with Crippen LogP contribution in [0.25, 0.3) is 0 Å². The Morgan fingerprint density at radius 2 is 2.26 bits per heavy atom. The molecule has 2 amide bonds. The van der Waals surface area contributed by atoms with Crippen molar-refractivity contribution in [1.82, 2.24) is 9.88 Å². The molecule has 2 atom stereocenters. The highest BCUT2D eigenvalue weighted by atomic mass is 35.5. The second kappa shape index (κ2) is 7.28. The van der Waals surface area contributed by atoms with E-state index < -0.39 is 6.04 Å². The molecule has 2 aliphatic heterocycles. The molecule has 142 valence electrons. The van der Waals surface area contributed by atoms with Crippen LogP contribution in [0.5, 0.6) is 0 Å². The van der Waals surface area contributed by atoms with Crippen molar-refractivity contribution in [1.29, 1.82) is 0 Å². The number of thioether (sulfide) groups is 1. The number of carbonyl (C=O) groups excluding carboxylic acids is 2. The van der Waals surface area contributed by atoms with Gasteiger partial charge in [-0.2, -0.15) is 0 Å². The standard InChI is InChI=1S/C18H17Cl2N3O2S2/c1-18-5-4-15(24)23(18)14(9-26-18)16(25)22-17-21-8-12(27-17)7-10-6-11(19)2-3-13(10)20/h2-3,6,8,14H,4-5,7,9H2,1H3,(H,21,22,25). The van der Waals surface area contributed by atoms with Gasteiger partial charge in [0.1, 0.15) is 6.04 Å². The summed E-state index contributed by atoms with van der Waals surface area (Å²) in [7, 11) is 0. The third kappa shape index (κ3) is 3.70. The summed E-state index contributed by atoms with van der Waals surface area (Å²) in [6, 6.07) is 4.91. The van der Waals surface area contributed by atoms with Gasteiger partial charge in [0.05, 0.1) is 4.87 Å². The van der Waals surface area contributed by atoms with E-state index in [1.165, 1.54) is 11.3 Å². The third-order valence-electron chi connectivity index (χ3n) is 4.90. The molecule has 0 aliphatic carbocycles. The molecule has 3 heterocycles. The van der Waals surface area contributed by atoms with Gasteiger partial charge in [0.25, 0.3) is 0 Å². The van der Waals surface area contributed by atoms with Crippen LogP contribution in [-0.4, -0.2) is 38.4 Å². The van der Waals surface area contributed by atoms with E-state index >= 15 is 0 Å². The molecular formula is C18H17Cl2N3O2S2. The van der Waals surface area contributed by atoms with E-state index in [2.05, 4.69) is 10.3 Å². The molecule has 0 saturated carbocycles. The smallest absolute Gasteiger partial charge is 0.249 e. The molecule has 4 rings (SSSR count). The number of fused-ring (bicyclic) bond motifs is 1. The zero-order chi connectivity index (χ0) is 19.2. The molecule has 1 aromatic carbocycles. The minimum absolute atomic E-state index is 0.0538. The fourth-order valence-electron chi connectivity index (χ4n) is 3.52. The van der Waals surface area contributed by atoms with Crippen LogP contribution in [0.3, 0.4) is 0 Å². The van der Waals surface area contributed by atoms with E-state index in [1.807, 2.05) is 13.0 Å². The van der Waals surface area contributed by atoms with Crippen LogP contribution in [0, 0.1) is 0 Å². The number of thiazole rings is 1. The van der Waals surface area contributed by atoms with Crippen molar-refractivity contribution >= 4 is 63.2 Å². The molecule has 9 heteroatoms. The van der Waals surface area contributed by atoms with E-state index in [9.17, 15) is 9.59 Å². The molecule has 1 aromatic heterocycles. The lowest BCUT2D eigenvalue weighted by atomic mass is 10.1. The quantitative estimate of drug-likeness (QED) is 0.761. The number of benzene rings is 1. The molecule has 2 aromatic rings. The summed E-state index contributed by atoms with van der Waals surface area (Å²) >= 11 is 15.3.